The predicted octanol–water partition coefficient (Wildman–Crippen LogP) is 2.03. The van der Waals surface area contributed by atoms with Gasteiger partial charge in [0.15, 0.2) is 12.5 Å². The zero-order valence-electron chi connectivity index (χ0n) is 7.00. The minimum Gasteiger partial charge on any atom is -0.464 e. The van der Waals surface area contributed by atoms with E-state index in [1.165, 1.54) is 0 Å². The lowest BCUT2D eigenvalue weighted by Gasteiger charge is -2.05. The van der Waals surface area contributed by atoms with Crippen LogP contribution >= 0.6 is 11.6 Å². The molecule has 0 saturated heterocycles. The maximum absolute atomic E-state index is 5.84. The summed E-state index contributed by atoms with van der Waals surface area (Å²) in [5, 5.41) is 0.555. The van der Waals surface area contributed by atoms with Crippen LogP contribution in [0.3, 0.4) is 0 Å². The lowest BCUT2D eigenvalue weighted by atomic mass is 10.4. The molecule has 0 N–H and O–H groups in total. The summed E-state index contributed by atoms with van der Waals surface area (Å²) in [5.41, 5.74) is 0.866. The highest BCUT2D eigenvalue weighted by Crippen LogP contribution is 2.23. The molecule has 12 heavy (non-hydrogen) atoms. The van der Waals surface area contributed by atoms with Crippen LogP contribution in [0.25, 0.3) is 0 Å². The Morgan fingerprint density at radius 3 is 2.92 bits per heavy atom. The van der Waals surface area contributed by atoms with E-state index < -0.39 is 0 Å². The van der Waals surface area contributed by atoms with Gasteiger partial charge in [0.25, 0.3) is 0 Å². The van der Waals surface area contributed by atoms with Gasteiger partial charge >= 0.3 is 0 Å². The van der Waals surface area contributed by atoms with Crippen LogP contribution < -0.4 is 4.74 Å². The first-order chi connectivity index (χ1) is 5.74. The second-order valence-electron chi connectivity index (χ2n) is 2.31. The normalized spacial score (nSPS) is 9.92. The van der Waals surface area contributed by atoms with Gasteiger partial charge < -0.3 is 9.47 Å². The van der Waals surface area contributed by atoms with Crippen molar-refractivity contribution in [3.63, 3.8) is 0 Å². The van der Waals surface area contributed by atoms with Gasteiger partial charge in [-0.05, 0) is 13.0 Å². The van der Waals surface area contributed by atoms with Crippen molar-refractivity contribution in [3.05, 3.63) is 23.0 Å². The molecule has 0 aliphatic rings. The lowest BCUT2D eigenvalue weighted by Crippen LogP contribution is -1.99. The average molecular weight is 188 g/mol. The first-order valence-corrected chi connectivity index (χ1v) is 3.85. The molecule has 1 heterocycles. The molecule has 0 aromatic carbocycles. The first kappa shape index (κ1) is 9.29. The number of rotatable bonds is 3. The summed E-state index contributed by atoms with van der Waals surface area (Å²) in [6, 6.07) is 1.74. The number of nitrogens with zero attached hydrogens (tertiary/aromatic N) is 1. The zero-order chi connectivity index (χ0) is 8.97. The van der Waals surface area contributed by atoms with Crippen LogP contribution in [-0.4, -0.2) is 18.9 Å². The standard InChI is InChI=1S/C8H10ClNO2/c1-6-3-7(9)8(4-10-6)12-5-11-2/h3-4H,5H2,1-2H3. The third-order valence-electron chi connectivity index (χ3n) is 1.29. The highest BCUT2D eigenvalue weighted by molar-refractivity contribution is 6.32. The average Bonchev–Trinajstić information content (AvgIpc) is 2.03. The molecule has 1 aromatic heterocycles. The number of halogens is 1. The molecule has 1 aromatic rings. The summed E-state index contributed by atoms with van der Waals surface area (Å²) >= 11 is 5.84. The van der Waals surface area contributed by atoms with E-state index in [9.17, 15) is 0 Å². The molecule has 3 nitrogen and oxygen atoms in total. The van der Waals surface area contributed by atoms with Crippen molar-refractivity contribution in [3.8, 4) is 5.75 Å². The van der Waals surface area contributed by atoms with Gasteiger partial charge in [-0.1, -0.05) is 11.6 Å². The van der Waals surface area contributed by atoms with Crippen LogP contribution in [0.15, 0.2) is 12.3 Å². The highest BCUT2D eigenvalue weighted by atomic mass is 35.5. The van der Waals surface area contributed by atoms with Gasteiger partial charge in [0.05, 0.1) is 11.2 Å². The number of aromatic nitrogens is 1. The van der Waals surface area contributed by atoms with E-state index in [4.69, 9.17) is 21.1 Å². The fourth-order valence-corrected chi connectivity index (χ4v) is 1.00. The Morgan fingerprint density at radius 1 is 1.58 bits per heavy atom. The van der Waals surface area contributed by atoms with Crippen molar-refractivity contribution >= 4 is 11.6 Å². The van der Waals surface area contributed by atoms with Crippen LogP contribution in [0.4, 0.5) is 0 Å². The molecule has 0 bridgehead atoms. The minimum atomic E-state index is 0.185. The fourth-order valence-electron chi connectivity index (χ4n) is 0.743. The number of hydrogen-bond donors (Lipinski definition) is 0. The van der Waals surface area contributed by atoms with Gasteiger partial charge in [0.1, 0.15) is 0 Å². The number of pyridine rings is 1. The third kappa shape index (κ3) is 2.36. The smallest absolute Gasteiger partial charge is 0.188 e. The van der Waals surface area contributed by atoms with E-state index in [1.54, 1.807) is 19.4 Å². The second-order valence-corrected chi connectivity index (χ2v) is 2.71. The maximum atomic E-state index is 5.84. The molecule has 0 saturated carbocycles. The Kier molecular flexibility index (Phi) is 3.31. The van der Waals surface area contributed by atoms with Gasteiger partial charge in [-0.3, -0.25) is 4.98 Å². The number of methoxy groups -OCH3 is 1. The van der Waals surface area contributed by atoms with Crippen molar-refractivity contribution in [2.45, 2.75) is 6.92 Å². The molecular weight excluding hydrogens is 178 g/mol. The van der Waals surface area contributed by atoms with Crippen LogP contribution in [0, 0.1) is 6.92 Å². The summed E-state index contributed by atoms with van der Waals surface area (Å²) in [6.07, 6.45) is 1.58. The second kappa shape index (κ2) is 4.28. The topological polar surface area (TPSA) is 31.4 Å². The van der Waals surface area contributed by atoms with Gasteiger partial charge in [-0.15, -0.1) is 0 Å². The number of aryl methyl sites for hydroxylation is 1. The molecule has 0 unspecified atom stereocenters. The SMILES string of the molecule is COCOc1cnc(C)cc1Cl. The number of ether oxygens (including phenoxy) is 2. The molecule has 4 heteroatoms. The summed E-state index contributed by atoms with van der Waals surface area (Å²) in [6.45, 7) is 2.05. The van der Waals surface area contributed by atoms with E-state index >= 15 is 0 Å². The Morgan fingerprint density at radius 2 is 2.33 bits per heavy atom. The van der Waals surface area contributed by atoms with E-state index in [0.717, 1.165) is 5.69 Å². The van der Waals surface area contributed by atoms with Gasteiger partial charge in [-0.25, -0.2) is 0 Å². The molecule has 0 aliphatic heterocycles. The summed E-state index contributed by atoms with van der Waals surface area (Å²) in [5.74, 6) is 0.545. The van der Waals surface area contributed by atoms with Crippen LogP contribution in [0.1, 0.15) is 5.69 Å². The lowest BCUT2D eigenvalue weighted by molar-refractivity contribution is 0.0509. The molecule has 0 radical (unpaired) electrons. The van der Waals surface area contributed by atoms with Gasteiger partial charge in [0, 0.05) is 12.8 Å². The van der Waals surface area contributed by atoms with Gasteiger partial charge in [-0.2, -0.15) is 0 Å². The summed E-state index contributed by atoms with van der Waals surface area (Å²) < 4.78 is 9.85. The molecule has 0 fully saturated rings. The first-order valence-electron chi connectivity index (χ1n) is 3.48. The van der Waals surface area contributed by atoms with Crippen LogP contribution in [0.2, 0.25) is 5.02 Å². The van der Waals surface area contributed by atoms with Crippen molar-refractivity contribution < 1.29 is 9.47 Å². The fraction of sp³-hybridized carbons (Fsp3) is 0.375. The monoisotopic (exact) mass is 187 g/mol. The maximum Gasteiger partial charge on any atom is 0.188 e. The van der Waals surface area contributed by atoms with Crippen LogP contribution in [-0.2, 0) is 4.74 Å². The highest BCUT2D eigenvalue weighted by Gasteiger charge is 2.00. The van der Waals surface area contributed by atoms with E-state index in [0.29, 0.717) is 10.8 Å². The van der Waals surface area contributed by atoms with Crippen molar-refractivity contribution in [2.75, 3.05) is 13.9 Å². The molecule has 1 rings (SSSR count). The molecule has 0 atom stereocenters. The quantitative estimate of drug-likeness (QED) is 0.679. The van der Waals surface area contributed by atoms with E-state index in [2.05, 4.69) is 4.98 Å². The van der Waals surface area contributed by atoms with E-state index in [-0.39, 0.29) is 6.79 Å². The Labute approximate surface area is 76.3 Å². The van der Waals surface area contributed by atoms with Crippen molar-refractivity contribution in [1.82, 2.24) is 4.98 Å². The zero-order valence-corrected chi connectivity index (χ0v) is 7.76. The van der Waals surface area contributed by atoms with Crippen molar-refractivity contribution in [1.29, 1.82) is 0 Å². The summed E-state index contributed by atoms with van der Waals surface area (Å²) in [4.78, 5) is 4.03. The Balaban J connectivity index is 2.72. The third-order valence-corrected chi connectivity index (χ3v) is 1.58. The minimum absolute atomic E-state index is 0.185. The predicted molar refractivity (Wildman–Crippen MR) is 46.5 cm³/mol. The van der Waals surface area contributed by atoms with Crippen molar-refractivity contribution in [2.24, 2.45) is 0 Å². The Bertz CT molecular complexity index is 265. The van der Waals surface area contributed by atoms with Crippen LogP contribution in [0.5, 0.6) is 5.75 Å². The molecular formula is C8H10ClNO2. The molecule has 0 aliphatic carbocycles. The molecule has 0 spiro atoms. The number of hydrogen-bond acceptors (Lipinski definition) is 3. The largest absolute Gasteiger partial charge is 0.464 e. The van der Waals surface area contributed by atoms with Gasteiger partial charge in [0.2, 0.25) is 0 Å². The summed E-state index contributed by atoms with van der Waals surface area (Å²) in [7, 11) is 1.55. The molecule has 0 amide bonds. The van der Waals surface area contributed by atoms with E-state index in [1.807, 2.05) is 6.92 Å². The molecule has 66 valence electrons. The Hall–Kier alpha value is -0.800.